The number of hydrogen-bond donors (Lipinski definition) is 1. The van der Waals surface area contributed by atoms with Crippen molar-refractivity contribution in [2.45, 2.75) is 38.1 Å². The predicted molar refractivity (Wildman–Crippen MR) is 86.2 cm³/mol. The molecule has 2 saturated heterocycles. The molecule has 7 heteroatoms. The molecule has 120 valence electrons. The van der Waals surface area contributed by atoms with Crippen molar-refractivity contribution in [3.05, 3.63) is 16.8 Å². The van der Waals surface area contributed by atoms with Crippen molar-refractivity contribution >= 4 is 23.3 Å². The number of amides is 1. The van der Waals surface area contributed by atoms with Crippen LogP contribution in [0.2, 0.25) is 5.15 Å². The zero-order chi connectivity index (χ0) is 15.5. The fourth-order valence-corrected chi connectivity index (χ4v) is 3.69. The van der Waals surface area contributed by atoms with E-state index in [4.69, 9.17) is 17.3 Å². The smallest absolute Gasteiger partial charge is 0.252 e. The first-order valence-electron chi connectivity index (χ1n) is 7.97. The Morgan fingerprint density at radius 3 is 2.64 bits per heavy atom. The summed E-state index contributed by atoms with van der Waals surface area (Å²) in [5.41, 5.74) is 5.82. The number of carbonyl (C=O) groups excluding carboxylic acids is 1. The molecule has 1 atom stereocenters. The zero-order valence-electron chi connectivity index (χ0n) is 12.7. The SMILES string of the molecule is NC(=O)c1cc(Cl)nnc1N1CCCC(N2CCCC2)CC1. The molecule has 0 saturated carbocycles. The van der Waals surface area contributed by atoms with Gasteiger partial charge in [-0.2, -0.15) is 0 Å². The van der Waals surface area contributed by atoms with Crippen LogP contribution in [-0.2, 0) is 0 Å². The molecule has 0 aromatic carbocycles. The Morgan fingerprint density at radius 2 is 1.91 bits per heavy atom. The van der Waals surface area contributed by atoms with Gasteiger partial charge >= 0.3 is 0 Å². The van der Waals surface area contributed by atoms with Crippen LogP contribution in [0.1, 0.15) is 42.5 Å². The number of likely N-dealkylation sites (tertiary alicyclic amines) is 1. The Bertz CT molecular complexity index is 547. The van der Waals surface area contributed by atoms with Crippen LogP contribution < -0.4 is 10.6 Å². The van der Waals surface area contributed by atoms with Gasteiger partial charge in [0.2, 0.25) is 0 Å². The van der Waals surface area contributed by atoms with Gasteiger partial charge in [0.05, 0.1) is 5.56 Å². The summed E-state index contributed by atoms with van der Waals surface area (Å²) in [7, 11) is 0. The van der Waals surface area contributed by atoms with Crippen LogP contribution >= 0.6 is 11.6 Å². The molecule has 1 aromatic heterocycles. The maximum Gasteiger partial charge on any atom is 0.252 e. The third kappa shape index (κ3) is 3.33. The van der Waals surface area contributed by atoms with E-state index in [0.717, 1.165) is 25.9 Å². The summed E-state index contributed by atoms with van der Waals surface area (Å²) in [6, 6.07) is 2.15. The minimum Gasteiger partial charge on any atom is -0.365 e. The summed E-state index contributed by atoms with van der Waals surface area (Å²) < 4.78 is 0. The first-order valence-corrected chi connectivity index (χ1v) is 8.35. The summed E-state index contributed by atoms with van der Waals surface area (Å²) in [5, 5.41) is 8.19. The van der Waals surface area contributed by atoms with Crippen molar-refractivity contribution in [3.8, 4) is 0 Å². The standard InChI is InChI=1S/C15H22ClN5O/c16-13-10-12(14(17)22)15(19-18-13)21-8-3-4-11(5-9-21)20-6-1-2-7-20/h10-11H,1-9H2,(H2,17,22). The minimum absolute atomic E-state index is 0.197. The van der Waals surface area contributed by atoms with Crippen molar-refractivity contribution in [1.29, 1.82) is 0 Å². The fourth-order valence-electron chi connectivity index (χ4n) is 3.54. The van der Waals surface area contributed by atoms with Gasteiger partial charge in [-0.3, -0.25) is 4.79 Å². The van der Waals surface area contributed by atoms with Gasteiger partial charge in [0.15, 0.2) is 11.0 Å². The van der Waals surface area contributed by atoms with Crippen LogP contribution in [0.15, 0.2) is 6.07 Å². The van der Waals surface area contributed by atoms with Gasteiger partial charge in [0, 0.05) is 19.1 Å². The van der Waals surface area contributed by atoms with Gasteiger partial charge < -0.3 is 15.5 Å². The van der Waals surface area contributed by atoms with Gasteiger partial charge in [-0.1, -0.05) is 11.6 Å². The number of carbonyl (C=O) groups is 1. The second-order valence-corrected chi connectivity index (χ2v) is 6.47. The predicted octanol–water partition coefficient (Wildman–Crippen LogP) is 1.68. The second-order valence-electron chi connectivity index (χ2n) is 6.08. The second kappa shape index (κ2) is 6.79. The molecule has 1 aromatic rings. The Kier molecular flexibility index (Phi) is 4.78. The number of nitrogens with zero attached hydrogens (tertiary/aromatic N) is 4. The van der Waals surface area contributed by atoms with E-state index in [9.17, 15) is 4.79 Å². The van der Waals surface area contributed by atoms with Crippen molar-refractivity contribution < 1.29 is 4.79 Å². The van der Waals surface area contributed by atoms with Crippen LogP contribution in [0.25, 0.3) is 0 Å². The number of halogens is 1. The van der Waals surface area contributed by atoms with Crippen molar-refractivity contribution in [1.82, 2.24) is 15.1 Å². The maximum atomic E-state index is 11.6. The monoisotopic (exact) mass is 323 g/mol. The quantitative estimate of drug-likeness (QED) is 0.916. The molecule has 0 aliphatic carbocycles. The molecule has 2 aliphatic heterocycles. The van der Waals surface area contributed by atoms with E-state index in [1.54, 1.807) is 0 Å². The van der Waals surface area contributed by atoms with E-state index in [2.05, 4.69) is 20.0 Å². The van der Waals surface area contributed by atoms with E-state index in [-0.39, 0.29) is 5.15 Å². The summed E-state index contributed by atoms with van der Waals surface area (Å²) in [6.07, 6.45) is 6.00. The largest absolute Gasteiger partial charge is 0.365 e. The molecule has 2 aliphatic rings. The highest BCUT2D eigenvalue weighted by atomic mass is 35.5. The Labute approximate surface area is 135 Å². The minimum atomic E-state index is -0.507. The average molecular weight is 324 g/mol. The van der Waals surface area contributed by atoms with E-state index in [1.807, 2.05) is 0 Å². The number of anilines is 1. The lowest BCUT2D eigenvalue weighted by molar-refractivity contribution is 0.1000. The number of aromatic nitrogens is 2. The number of primary amides is 1. The van der Waals surface area contributed by atoms with Crippen LogP contribution in [0, 0.1) is 0 Å². The van der Waals surface area contributed by atoms with Crippen LogP contribution in [-0.4, -0.2) is 53.2 Å². The molecule has 22 heavy (non-hydrogen) atoms. The molecule has 3 heterocycles. The van der Waals surface area contributed by atoms with E-state index >= 15 is 0 Å². The third-order valence-corrected chi connectivity index (χ3v) is 4.85. The summed E-state index contributed by atoms with van der Waals surface area (Å²) in [4.78, 5) is 16.4. The molecule has 1 unspecified atom stereocenters. The van der Waals surface area contributed by atoms with Crippen LogP contribution in [0.3, 0.4) is 0 Å². The van der Waals surface area contributed by atoms with Gasteiger partial charge in [0.25, 0.3) is 5.91 Å². The van der Waals surface area contributed by atoms with Crippen LogP contribution in [0.5, 0.6) is 0 Å². The molecule has 3 rings (SSSR count). The first-order chi connectivity index (χ1) is 10.6. The zero-order valence-corrected chi connectivity index (χ0v) is 13.4. The van der Waals surface area contributed by atoms with Crippen molar-refractivity contribution in [3.63, 3.8) is 0 Å². The van der Waals surface area contributed by atoms with E-state index in [0.29, 0.717) is 17.4 Å². The highest BCUT2D eigenvalue weighted by Gasteiger charge is 2.26. The molecular weight excluding hydrogens is 302 g/mol. The van der Waals surface area contributed by atoms with Crippen molar-refractivity contribution in [2.24, 2.45) is 5.73 Å². The lowest BCUT2D eigenvalue weighted by atomic mass is 10.1. The molecule has 0 bridgehead atoms. The number of hydrogen-bond acceptors (Lipinski definition) is 5. The van der Waals surface area contributed by atoms with E-state index < -0.39 is 5.91 Å². The van der Waals surface area contributed by atoms with E-state index in [1.165, 1.54) is 38.4 Å². The molecule has 0 spiro atoms. The lowest BCUT2D eigenvalue weighted by Gasteiger charge is -2.26. The molecular formula is C15H22ClN5O. The molecule has 2 fully saturated rings. The highest BCUT2D eigenvalue weighted by Crippen LogP contribution is 2.25. The Morgan fingerprint density at radius 1 is 1.14 bits per heavy atom. The van der Waals surface area contributed by atoms with Gasteiger partial charge in [-0.15, -0.1) is 10.2 Å². The molecule has 1 amide bonds. The van der Waals surface area contributed by atoms with Gasteiger partial charge in [0.1, 0.15) is 0 Å². The average Bonchev–Trinajstić information content (AvgIpc) is 2.92. The molecule has 6 nitrogen and oxygen atoms in total. The van der Waals surface area contributed by atoms with Gasteiger partial charge in [-0.05, 0) is 51.3 Å². The highest BCUT2D eigenvalue weighted by molar-refractivity contribution is 6.29. The topological polar surface area (TPSA) is 75.3 Å². The fraction of sp³-hybridized carbons (Fsp3) is 0.667. The normalized spacial score (nSPS) is 23.5. The molecule has 2 N–H and O–H groups in total. The Hall–Kier alpha value is -1.40. The summed E-state index contributed by atoms with van der Waals surface area (Å²) in [5.74, 6) is 0.0612. The van der Waals surface area contributed by atoms with Gasteiger partial charge in [-0.25, -0.2) is 0 Å². The van der Waals surface area contributed by atoms with Crippen molar-refractivity contribution in [2.75, 3.05) is 31.1 Å². The third-order valence-electron chi connectivity index (χ3n) is 4.66. The first kappa shape index (κ1) is 15.5. The molecule has 0 radical (unpaired) electrons. The summed E-state index contributed by atoms with van der Waals surface area (Å²) in [6.45, 7) is 4.19. The Balaban J connectivity index is 1.74. The number of nitrogens with two attached hydrogens (primary N) is 1. The van der Waals surface area contributed by atoms with Crippen LogP contribution in [0.4, 0.5) is 5.82 Å². The summed E-state index contributed by atoms with van der Waals surface area (Å²) >= 11 is 5.83. The lowest BCUT2D eigenvalue weighted by Crippen LogP contribution is -2.34. The number of rotatable bonds is 3. The maximum absolute atomic E-state index is 11.6.